The summed E-state index contributed by atoms with van der Waals surface area (Å²) in [5.41, 5.74) is 4.30. The van der Waals surface area contributed by atoms with Gasteiger partial charge >= 0.3 is 0 Å². The Morgan fingerprint density at radius 3 is 2.28 bits per heavy atom. The van der Waals surface area contributed by atoms with Crippen molar-refractivity contribution in [2.45, 2.75) is 31.4 Å². The molecular weight excluding hydrogens is 637 g/mol. The smallest absolute Gasteiger partial charge is 0.226 e. The molecule has 0 aliphatic rings. The summed E-state index contributed by atoms with van der Waals surface area (Å²) in [4.78, 5) is 8.84. The molecule has 234 valence electrons. The van der Waals surface area contributed by atoms with Crippen molar-refractivity contribution < 1.29 is 18.3 Å². The minimum atomic E-state index is -1.27. The van der Waals surface area contributed by atoms with Gasteiger partial charge < -0.3 is 19.2 Å². The zero-order valence-corrected chi connectivity index (χ0v) is 28.7. The van der Waals surface area contributed by atoms with Crippen molar-refractivity contribution in [1.29, 1.82) is 0 Å². The third-order valence-electron chi connectivity index (χ3n) is 7.82. The van der Waals surface area contributed by atoms with Gasteiger partial charge in [-0.05, 0) is 50.7 Å². The van der Waals surface area contributed by atoms with Gasteiger partial charge in [-0.1, -0.05) is 86.1 Å². The minimum absolute atomic E-state index is 0.111. The molecule has 10 heteroatoms. The molecule has 0 amide bonds. The number of thiophene rings is 1. The highest BCUT2D eigenvalue weighted by Gasteiger charge is 2.34. The number of rotatable bonds is 12. The van der Waals surface area contributed by atoms with E-state index in [9.17, 15) is 0 Å². The first-order valence-corrected chi connectivity index (χ1v) is 17.4. The Morgan fingerprint density at radius 1 is 0.913 bits per heavy atom. The Bertz CT molecular complexity index is 1890. The number of nitrogens with one attached hydrogen (secondary N) is 1. The van der Waals surface area contributed by atoms with Crippen LogP contribution in [0.15, 0.2) is 108 Å². The summed E-state index contributed by atoms with van der Waals surface area (Å²) in [5, 5.41) is 7.81. The van der Waals surface area contributed by atoms with Crippen molar-refractivity contribution >= 4 is 55.1 Å². The molecule has 0 unspecified atom stereocenters. The van der Waals surface area contributed by atoms with E-state index in [1.54, 1.807) is 36.6 Å². The molecule has 0 saturated carbocycles. The Kier molecular flexibility index (Phi) is 9.53. The quantitative estimate of drug-likeness (QED) is 0.131. The number of halogens is 2. The summed E-state index contributed by atoms with van der Waals surface area (Å²) < 4.78 is 33.5. The van der Waals surface area contributed by atoms with Crippen molar-refractivity contribution in [2.24, 2.45) is 0 Å². The molecule has 0 aliphatic carbocycles. The van der Waals surface area contributed by atoms with Crippen LogP contribution in [0, 0.1) is 5.82 Å². The maximum Gasteiger partial charge on any atom is 0.226 e. The van der Waals surface area contributed by atoms with Gasteiger partial charge in [-0.15, -0.1) is 0 Å². The lowest BCUT2D eigenvalue weighted by Crippen LogP contribution is -2.27. The van der Waals surface area contributed by atoms with E-state index < -0.39 is 15.6 Å². The van der Waals surface area contributed by atoms with Crippen molar-refractivity contribution in [3.05, 3.63) is 136 Å². The fraction of sp³-hybridized carbons (Fsp3) is 0.167. The van der Waals surface area contributed by atoms with Crippen molar-refractivity contribution in [2.75, 3.05) is 12.4 Å². The van der Waals surface area contributed by atoms with Crippen LogP contribution in [0.2, 0.25) is 10.1 Å². The fourth-order valence-electron chi connectivity index (χ4n) is 5.57. The van der Waals surface area contributed by atoms with Crippen LogP contribution in [0.5, 0.6) is 17.2 Å². The van der Waals surface area contributed by atoms with Crippen LogP contribution < -0.4 is 19.2 Å². The van der Waals surface area contributed by atoms with Gasteiger partial charge in [-0.3, -0.25) is 0 Å². The molecule has 0 spiro atoms. The molecule has 0 fully saturated rings. The van der Waals surface area contributed by atoms with Gasteiger partial charge in [0, 0.05) is 23.4 Å². The first-order chi connectivity index (χ1) is 22.3. The van der Waals surface area contributed by atoms with Crippen LogP contribution in [0.1, 0.15) is 36.5 Å². The summed E-state index contributed by atoms with van der Waals surface area (Å²) >= 11 is 8.15. The highest BCUT2D eigenvalue weighted by atomic mass is 35.5. The van der Waals surface area contributed by atoms with Gasteiger partial charge in [0.1, 0.15) is 30.3 Å². The standard InChI is InChI=1S/C36H33ClFN3O3SSi/c1-36(2,34(24-10-6-4-7-11-24)25-12-8-5-9-13-25)46-44-31-19-30(28(38)17-27(31)37)41-35-26-16-32(42-3)33(18-29(26)39-22-40-35)43-20-23-14-15-45-21-23/h4-19,21-22,34H,20,46H2,1-3H3,(H,39,40,41). The number of methoxy groups -OCH3 is 1. The molecule has 2 aromatic heterocycles. The summed E-state index contributed by atoms with van der Waals surface area (Å²) in [6.45, 7) is 4.84. The molecule has 0 saturated heterocycles. The summed E-state index contributed by atoms with van der Waals surface area (Å²) in [5.74, 6) is 1.48. The Labute approximate surface area is 279 Å². The monoisotopic (exact) mass is 669 g/mol. The van der Waals surface area contributed by atoms with E-state index in [4.69, 9.17) is 25.5 Å². The van der Waals surface area contributed by atoms with Gasteiger partial charge in [0.25, 0.3) is 0 Å². The number of aromatic nitrogens is 2. The van der Waals surface area contributed by atoms with Crippen LogP contribution in [0.25, 0.3) is 10.9 Å². The van der Waals surface area contributed by atoms with E-state index in [0.29, 0.717) is 40.6 Å². The molecule has 0 bridgehead atoms. The number of benzene rings is 4. The molecule has 0 radical (unpaired) electrons. The van der Waals surface area contributed by atoms with Gasteiger partial charge in [0.2, 0.25) is 9.76 Å². The fourth-order valence-corrected chi connectivity index (χ4v) is 7.92. The van der Waals surface area contributed by atoms with E-state index in [1.807, 2.05) is 29.0 Å². The van der Waals surface area contributed by atoms with E-state index in [-0.39, 0.29) is 21.7 Å². The predicted octanol–water partition coefficient (Wildman–Crippen LogP) is 9.31. The van der Waals surface area contributed by atoms with Crippen molar-refractivity contribution in [1.82, 2.24) is 9.97 Å². The molecule has 4 aromatic carbocycles. The van der Waals surface area contributed by atoms with E-state index in [2.05, 4.69) is 77.7 Å². The lowest BCUT2D eigenvalue weighted by molar-refractivity contribution is 0.285. The first kappa shape index (κ1) is 31.5. The zero-order chi connectivity index (χ0) is 32.1. The Hall–Kier alpha value is -4.44. The summed E-state index contributed by atoms with van der Waals surface area (Å²) in [7, 11) is 0.301. The zero-order valence-electron chi connectivity index (χ0n) is 25.7. The van der Waals surface area contributed by atoms with Crippen LogP contribution in [0.3, 0.4) is 0 Å². The SMILES string of the molecule is COc1cc2c(Nc3cc(O[SiH2]C(C)(C)C(c4ccccc4)c4ccccc4)c(Cl)cc3F)ncnc2cc1OCc1ccsc1. The van der Waals surface area contributed by atoms with Gasteiger partial charge in [0.15, 0.2) is 11.5 Å². The predicted molar refractivity (Wildman–Crippen MR) is 187 cm³/mol. The molecule has 1 N–H and O–H groups in total. The van der Waals surface area contributed by atoms with Gasteiger partial charge in [-0.25, -0.2) is 14.4 Å². The molecule has 6 rings (SSSR count). The third kappa shape index (κ3) is 7.02. The largest absolute Gasteiger partial charge is 0.548 e. The topological polar surface area (TPSA) is 65.5 Å². The normalized spacial score (nSPS) is 11.8. The maximum absolute atomic E-state index is 15.3. The molecule has 46 heavy (non-hydrogen) atoms. The molecule has 6 aromatic rings. The second-order valence-corrected chi connectivity index (χ2v) is 15.2. The Morgan fingerprint density at radius 2 is 1.63 bits per heavy atom. The van der Waals surface area contributed by atoms with Crippen molar-refractivity contribution in [3.8, 4) is 17.2 Å². The second kappa shape index (κ2) is 13.9. The van der Waals surface area contributed by atoms with Gasteiger partial charge in [-0.2, -0.15) is 11.3 Å². The molecule has 2 heterocycles. The third-order valence-corrected chi connectivity index (χ3v) is 10.5. The average Bonchev–Trinajstić information content (AvgIpc) is 3.59. The lowest BCUT2D eigenvalue weighted by atomic mass is 9.82. The van der Waals surface area contributed by atoms with Gasteiger partial charge in [0.05, 0.1) is 23.3 Å². The number of hydrogen-bond donors (Lipinski definition) is 1. The number of hydrogen-bond acceptors (Lipinski definition) is 7. The first-order valence-electron chi connectivity index (χ1n) is 14.8. The second-order valence-electron chi connectivity index (χ2n) is 11.6. The highest BCUT2D eigenvalue weighted by Crippen LogP contribution is 2.46. The summed E-state index contributed by atoms with van der Waals surface area (Å²) in [6, 6.07) is 29.4. The number of ether oxygens (including phenoxy) is 2. The maximum atomic E-state index is 15.3. The van der Waals surface area contributed by atoms with E-state index in [1.165, 1.54) is 23.5 Å². The van der Waals surface area contributed by atoms with Crippen LogP contribution in [0.4, 0.5) is 15.9 Å². The highest BCUT2D eigenvalue weighted by molar-refractivity contribution is 7.07. The van der Waals surface area contributed by atoms with Crippen LogP contribution in [-0.4, -0.2) is 26.8 Å². The van der Waals surface area contributed by atoms with Crippen LogP contribution in [-0.2, 0) is 6.61 Å². The van der Waals surface area contributed by atoms with Crippen LogP contribution >= 0.6 is 22.9 Å². The Balaban J connectivity index is 1.26. The number of fused-ring (bicyclic) bond motifs is 1. The van der Waals surface area contributed by atoms with Crippen molar-refractivity contribution in [3.63, 3.8) is 0 Å². The number of nitrogens with zero attached hydrogens (tertiary/aromatic N) is 2. The number of anilines is 2. The minimum Gasteiger partial charge on any atom is -0.548 e. The molecule has 6 nitrogen and oxygen atoms in total. The summed E-state index contributed by atoms with van der Waals surface area (Å²) in [6.07, 6.45) is 1.42. The molecule has 0 atom stereocenters. The molecule has 0 aliphatic heterocycles. The lowest BCUT2D eigenvalue weighted by Gasteiger charge is -2.35. The van der Waals surface area contributed by atoms with E-state index in [0.717, 1.165) is 5.56 Å². The molecular formula is C36H33ClFN3O3SSi. The van der Waals surface area contributed by atoms with E-state index >= 15 is 4.39 Å². The average molecular weight is 670 g/mol.